The van der Waals surface area contributed by atoms with Crippen molar-refractivity contribution in [2.75, 3.05) is 26.2 Å². The van der Waals surface area contributed by atoms with Gasteiger partial charge in [0.15, 0.2) is 5.78 Å². The van der Waals surface area contributed by atoms with Crippen LogP contribution in [0.4, 0.5) is 0 Å². The molecule has 0 bridgehead atoms. The van der Waals surface area contributed by atoms with Crippen molar-refractivity contribution in [3.63, 3.8) is 0 Å². The third-order valence-corrected chi connectivity index (χ3v) is 9.35. The molecule has 5 aliphatic rings. The van der Waals surface area contributed by atoms with Gasteiger partial charge in [0.2, 0.25) is 5.91 Å². The Kier molecular flexibility index (Phi) is 7.07. The van der Waals surface area contributed by atoms with Crippen molar-refractivity contribution in [1.82, 2.24) is 15.1 Å². The first-order valence-electron chi connectivity index (χ1n) is 14.3. The standard InChI is InChI=1S/C29H39N3O5/c33-23-16-32(26-24(34)17-37-27(23)26)29(36)25(20-4-2-1-3-5-20)30-28(35)21-8-6-18(7-9-21)19-12-14-31(15-13-19)22-10-11-22/h6-9,19-20,22-23,25-27,33H,1-5,10-17H2,(H,30,35)/t23-,25+,26-,27-/m1/s1. The van der Waals surface area contributed by atoms with E-state index in [1.54, 1.807) is 0 Å². The number of β-amino-alcohol motifs (C(OH)–C–C–N with tert-alkyl or cyclic N) is 1. The number of fused-ring (bicyclic) bond motifs is 1. The quantitative estimate of drug-likeness (QED) is 0.610. The minimum Gasteiger partial charge on any atom is -0.388 e. The molecule has 0 unspecified atom stereocenters. The molecule has 3 saturated heterocycles. The number of benzene rings is 1. The number of nitrogens with one attached hydrogen (secondary N) is 1. The lowest BCUT2D eigenvalue weighted by Crippen LogP contribution is -2.55. The van der Waals surface area contributed by atoms with E-state index in [1.165, 1.54) is 23.3 Å². The molecule has 2 amide bonds. The SMILES string of the molecule is O=C(N[C@H](C(=O)N1C[C@@H](O)[C@H]2OCC(=O)[C@H]21)C1CCCCC1)c1ccc(C2CCN(C3CC3)CC2)cc1. The summed E-state index contributed by atoms with van der Waals surface area (Å²) in [5.74, 6) is -0.157. The Morgan fingerprint density at radius 1 is 0.973 bits per heavy atom. The van der Waals surface area contributed by atoms with E-state index in [2.05, 4.69) is 22.3 Å². The summed E-state index contributed by atoms with van der Waals surface area (Å²) in [6.07, 6.45) is 8.38. The number of piperidine rings is 1. The molecular formula is C29H39N3O5. The topological polar surface area (TPSA) is 99.2 Å². The summed E-state index contributed by atoms with van der Waals surface area (Å²) < 4.78 is 5.46. The molecule has 3 heterocycles. The van der Waals surface area contributed by atoms with Gasteiger partial charge in [-0.25, -0.2) is 0 Å². The molecule has 200 valence electrons. The van der Waals surface area contributed by atoms with Crippen LogP contribution >= 0.6 is 0 Å². The fourth-order valence-electron chi connectivity index (χ4n) is 7.05. The van der Waals surface area contributed by atoms with Crippen LogP contribution in [0.15, 0.2) is 24.3 Å². The van der Waals surface area contributed by atoms with Gasteiger partial charge in [-0.1, -0.05) is 31.4 Å². The fraction of sp³-hybridized carbons (Fsp3) is 0.690. The molecule has 5 fully saturated rings. The van der Waals surface area contributed by atoms with E-state index in [0.717, 1.165) is 64.1 Å². The number of aliphatic hydroxyl groups is 1. The van der Waals surface area contributed by atoms with Crippen LogP contribution in [-0.2, 0) is 14.3 Å². The summed E-state index contributed by atoms with van der Waals surface area (Å²) in [7, 11) is 0. The second-order valence-corrected chi connectivity index (χ2v) is 11.8. The van der Waals surface area contributed by atoms with Crippen molar-refractivity contribution in [3.05, 3.63) is 35.4 Å². The van der Waals surface area contributed by atoms with Crippen LogP contribution < -0.4 is 5.32 Å². The molecule has 2 aliphatic carbocycles. The highest BCUT2D eigenvalue weighted by molar-refractivity contribution is 5.99. The molecule has 0 spiro atoms. The number of nitrogens with zero attached hydrogens (tertiary/aromatic N) is 2. The summed E-state index contributed by atoms with van der Waals surface area (Å²) in [6.45, 7) is 2.29. The van der Waals surface area contributed by atoms with Gasteiger partial charge in [-0.3, -0.25) is 14.4 Å². The van der Waals surface area contributed by atoms with Crippen LogP contribution in [0.2, 0.25) is 0 Å². The van der Waals surface area contributed by atoms with E-state index in [0.29, 0.717) is 11.5 Å². The average molecular weight is 510 g/mol. The lowest BCUT2D eigenvalue weighted by atomic mass is 9.83. The van der Waals surface area contributed by atoms with Gasteiger partial charge < -0.3 is 25.0 Å². The largest absolute Gasteiger partial charge is 0.388 e. The maximum atomic E-state index is 13.8. The number of likely N-dealkylation sites (tertiary alicyclic amines) is 2. The van der Waals surface area contributed by atoms with Crippen LogP contribution in [0.25, 0.3) is 0 Å². The molecule has 1 aromatic rings. The predicted molar refractivity (Wildman–Crippen MR) is 137 cm³/mol. The lowest BCUT2D eigenvalue weighted by Gasteiger charge is -2.34. The third-order valence-electron chi connectivity index (χ3n) is 9.35. The normalized spacial score (nSPS) is 30.4. The highest BCUT2D eigenvalue weighted by atomic mass is 16.5. The van der Waals surface area contributed by atoms with Crippen LogP contribution in [0.1, 0.15) is 79.6 Å². The van der Waals surface area contributed by atoms with Gasteiger partial charge in [-0.15, -0.1) is 0 Å². The van der Waals surface area contributed by atoms with Gasteiger partial charge in [0.1, 0.15) is 30.9 Å². The number of amides is 2. The molecule has 8 heteroatoms. The smallest absolute Gasteiger partial charge is 0.251 e. The van der Waals surface area contributed by atoms with Gasteiger partial charge in [-0.05, 0) is 81.1 Å². The maximum Gasteiger partial charge on any atom is 0.251 e. The monoisotopic (exact) mass is 509 g/mol. The molecular weight excluding hydrogens is 470 g/mol. The molecule has 0 aromatic heterocycles. The highest BCUT2D eigenvalue weighted by Gasteiger charge is 2.53. The summed E-state index contributed by atoms with van der Waals surface area (Å²) in [4.78, 5) is 43.7. The zero-order chi connectivity index (χ0) is 25.5. The zero-order valence-corrected chi connectivity index (χ0v) is 21.5. The maximum absolute atomic E-state index is 13.8. The predicted octanol–water partition coefficient (Wildman–Crippen LogP) is 2.25. The van der Waals surface area contributed by atoms with Gasteiger partial charge in [0.05, 0.1) is 6.54 Å². The second-order valence-electron chi connectivity index (χ2n) is 11.8. The first-order valence-corrected chi connectivity index (χ1v) is 14.3. The number of carbonyl (C=O) groups is 3. The van der Waals surface area contributed by atoms with E-state index in [-0.39, 0.29) is 36.7 Å². The Labute approximate surface area is 218 Å². The van der Waals surface area contributed by atoms with Crippen molar-refractivity contribution in [2.45, 2.75) is 94.0 Å². The summed E-state index contributed by atoms with van der Waals surface area (Å²) >= 11 is 0. The van der Waals surface area contributed by atoms with Crippen molar-refractivity contribution in [3.8, 4) is 0 Å². The Bertz CT molecular complexity index is 1010. The lowest BCUT2D eigenvalue weighted by molar-refractivity contribution is -0.139. The number of rotatable bonds is 6. The Hall–Kier alpha value is -2.29. The first kappa shape index (κ1) is 25.0. The Morgan fingerprint density at radius 2 is 1.68 bits per heavy atom. The number of carbonyl (C=O) groups excluding carboxylic acids is 3. The number of aliphatic hydroxyl groups excluding tert-OH is 1. The molecule has 4 atom stereocenters. The number of ether oxygens (including phenoxy) is 1. The minimum absolute atomic E-state index is 0.0229. The van der Waals surface area contributed by atoms with Crippen molar-refractivity contribution < 1.29 is 24.2 Å². The Morgan fingerprint density at radius 3 is 2.35 bits per heavy atom. The first-order chi connectivity index (χ1) is 18.0. The molecule has 2 saturated carbocycles. The van der Waals surface area contributed by atoms with Gasteiger partial charge in [-0.2, -0.15) is 0 Å². The minimum atomic E-state index is -0.883. The summed E-state index contributed by atoms with van der Waals surface area (Å²) in [5.41, 5.74) is 1.83. The van der Waals surface area contributed by atoms with E-state index < -0.39 is 24.3 Å². The average Bonchev–Trinajstić information content (AvgIpc) is 3.64. The molecule has 3 aliphatic heterocycles. The van der Waals surface area contributed by atoms with Crippen molar-refractivity contribution in [1.29, 1.82) is 0 Å². The number of hydrogen-bond donors (Lipinski definition) is 2. The van der Waals surface area contributed by atoms with Crippen LogP contribution in [0, 0.1) is 5.92 Å². The zero-order valence-electron chi connectivity index (χ0n) is 21.5. The van der Waals surface area contributed by atoms with E-state index in [9.17, 15) is 19.5 Å². The Balaban J connectivity index is 1.14. The third kappa shape index (κ3) is 5.08. The molecule has 37 heavy (non-hydrogen) atoms. The fourth-order valence-corrected chi connectivity index (χ4v) is 7.05. The van der Waals surface area contributed by atoms with Gasteiger partial charge in [0, 0.05) is 11.6 Å². The molecule has 8 nitrogen and oxygen atoms in total. The van der Waals surface area contributed by atoms with Gasteiger partial charge in [0.25, 0.3) is 5.91 Å². The second kappa shape index (κ2) is 10.5. The van der Waals surface area contributed by atoms with Crippen molar-refractivity contribution >= 4 is 17.6 Å². The van der Waals surface area contributed by atoms with E-state index in [1.807, 2.05) is 12.1 Å². The van der Waals surface area contributed by atoms with E-state index in [4.69, 9.17) is 4.74 Å². The van der Waals surface area contributed by atoms with Gasteiger partial charge >= 0.3 is 0 Å². The van der Waals surface area contributed by atoms with Crippen molar-refractivity contribution in [2.24, 2.45) is 5.92 Å². The molecule has 6 rings (SSSR count). The molecule has 1 aromatic carbocycles. The van der Waals surface area contributed by atoms with Crippen LogP contribution in [0.5, 0.6) is 0 Å². The van der Waals surface area contributed by atoms with Crippen LogP contribution in [-0.4, -0.2) is 89.1 Å². The van der Waals surface area contributed by atoms with Crippen LogP contribution in [0.3, 0.4) is 0 Å². The number of Topliss-reactive ketones (excluding diaryl/α,β-unsaturated/α-hetero) is 1. The molecule has 2 N–H and O–H groups in total. The number of ketones is 1. The van der Waals surface area contributed by atoms with E-state index >= 15 is 0 Å². The summed E-state index contributed by atoms with van der Waals surface area (Å²) in [6, 6.07) is 7.25. The molecule has 0 radical (unpaired) electrons. The number of hydrogen-bond acceptors (Lipinski definition) is 6. The summed E-state index contributed by atoms with van der Waals surface area (Å²) in [5, 5.41) is 13.4. The highest BCUT2D eigenvalue weighted by Crippen LogP contribution is 2.35.